The molecule has 3 N–H and O–H groups in total. The molecule has 0 spiro atoms. The maximum absolute atomic E-state index is 12.3. The Morgan fingerprint density at radius 2 is 2.47 bits per heavy atom. The molecule has 1 fully saturated rings. The number of thiophene rings is 1. The van der Waals surface area contributed by atoms with Crippen molar-refractivity contribution in [2.45, 2.75) is 38.8 Å². The molecule has 2 atom stereocenters. The molecule has 1 aromatic heterocycles. The average Bonchev–Trinajstić information content (AvgIpc) is 3.03. The summed E-state index contributed by atoms with van der Waals surface area (Å²) in [6, 6.07) is 2.03. The molecule has 19 heavy (non-hydrogen) atoms. The van der Waals surface area contributed by atoms with Crippen LogP contribution in [0.25, 0.3) is 0 Å². The normalized spacial score (nSPS) is 29.5. The lowest BCUT2D eigenvalue weighted by molar-refractivity contribution is -0.130. The molecule has 2 unspecified atom stereocenters. The molecule has 104 valence electrons. The van der Waals surface area contributed by atoms with Gasteiger partial charge in [-0.3, -0.25) is 4.79 Å². The molecule has 1 saturated heterocycles. The lowest BCUT2D eigenvalue weighted by atomic mass is 9.85. The largest absolute Gasteiger partial charge is 0.379 e. The van der Waals surface area contributed by atoms with Crippen molar-refractivity contribution in [3.63, 3.8) is 0 Å². The smallest absolute Gasteiger partial charge is 0.230 e. The van der Waals surface area contributed by atoms with Gasteiger partial charge in [0.1, 0.15) is 0 Å². The summed E-state index contributed by atoms with van der Waals surface area (Å²) in [5.74, 6) is 0.00561. The van der Waals surface area contributed by atoms with E-state index in [1.54, 1.807) is 0 Å². The second-order valence-corrected chi connectivity index (χ2v) is 6.96. The Balaban J connectivity index is 1.61. The number of nitrogens with one attached hydrogen (secondary N) is 1. The Labute approximate surface area is 117 Å². The molecule has 1 aromatic rings. The SMILES string of the molecule is CC1(C(=O)NCc2cc3c(s2)CCC3)COCC1N. The van der Waals surface area contributed by atoms with E-state index in [0.717, 1.165) is 0 Å². The fourth-order valence-electron chi connectivity index (χ4n) is 2.77. The Kier molecular flexibility index (Phi) is 3.37. The van der Waals surface area contributed by atoms with E-state index >= 15 is 0 Å². The van der Waals surface area contributed by atoms with Crippen LogP contribution in [0.4, 0.5) is 0 Å². The van der Waals surface area contributed by atoms with Gasteiger partial charge < -0.3 is 15.8 Å². The molecule has 0 radical (unpaired) electrons. The number of fused-ring (bicyclic) bond motifs is 1. The summed E-state index contributed by atoms with van der Waals surface area (Å²) in [7, 11) is 0. The summed E-state index contributed by atoms with van der Waals surface area (Å²) in [5.41, 5.74) is 6.85. The summed E-state index contributed by atoms with van der Waals surface area (Å²) in [4.78, 5) is 15.0. The van der Waals surface area contributed by atoms with Crippen LogP contribution in [0.15, 0.2) is 6.07 Å². The van der Waals surface area contributed by atoms with Crippen LogP contribution < -0.4 is 11.1 Å². The van der Waals surface area contributed by atoms with Gasteiger partial charge in [0, 0.05) is 15.8 Å². The Hall–Kier alpha value is -0.910. The van der Waals surface area contributed by atoms with Gasteiger partial charge in [0.05, 0.1) is 25.2 Å². The molecule has 1 amide bonds. The van der Waals surface area contributed by atoms with Gasteiger partial charge in [-0.1, -0.05) is 0 Å². The van der Waals surface area contributed by atoms with Gasteiger partial charge in [-0.25, -0.2) is 0 Å². The molecular formula is C14H20N2O2S. The second kappa shape index (κ2) is 4.89. The van der Waals surface area contributed by atoms with Crippen LogP contribution in [0.3, 0.4) is 0 Å². The zero-order valence-electron chi connectivity index (χ0n) is 11.2. The van der Waals surface area contributed by atoms with Crippen molar-refractivity contribution >= 4 is 17.2 Å². The van der Waals surface area contributed by atoms with E-state index in [-0.39, 0.29) is 11.9 Å². The van der Waals surface area contributed by atoms with Crippen molar-refractivity contribution in [1.82, 2.24) is 5.32 Å². The number of hydrogen-bond donors (Lipinski definition) is 2. The number of rotatable bonds is 3. The number of aryl methyl sites for hydroxylation is 2. The van der Waals surface area contributed by atoms with E-state index in [0.29, 0.717) is 19.8 Å². The Bertz CT molecular complexity index is 478. The first-order chi connectivity index (χ1) is 9.09. The predicted octanol–water partition coefficient (Wildman–Crippen LogP) is 1.22. The topological polar surface area (TPSA) is 64.3 Å². The van der Waals surface area contributed by atoms with Crippen molar-refractivity contribution in [1.29, 1.82) is 0 Å². The van der Waals surface area contributed by atoms with Crippen LogP contribution in [-0.4, -0.2) is 25.2 Å². The van der Waals surface area contributed by atoms with Crippen LogP contribution in [0, 0.1) is 5.41 Å². The monoisotopic (exact) mass is 280 g/mol. The van der Waals surface area contributed by atoms with E-state index in [2.05, 4.69) is 11.4 Å². The lowest BCUT2D eigenvalue weighted by Crippen LogP contribution is -2.49. The van der Waals surface area contributed by atoms with Gasteiger partial charge in [-0.15, -0.1) is 11.3 Å². The molecule has 3 rings (SSSR count). The van der Waals surface area contributed by atoms with Crippen molar-refractivity contribution in [2.24, 2.45) is 11.1 Å². The number of amides is 1. The molecule has 5 heteroatoms. The fourth-order valence-corrected chi connectivity index (χ4v) is 3.97. The minimum atomic E-state index is -0.583. The molecule has 0 bridgehead atoms. The van der Waals surface area contributed by atoms with Crippen LogP contribution in [0.2, 0.25) is 0 Å². The Morgan fingerprint density at radius 1 is 1.63 bits per heavy atom. The second-order valence-electron chi connectivity index (χ2n) is 5.74. The van der Waals surface area contributed by atoms with Crippen molar-refractivity contribution in [3.05, 3.63) is 21.4 Å². The number of carbonyl (C=O) groups is 1. The Morgan fingerprint density at radius 3 is 3.16 bits per heavy atom. The number of hydrogen-bond acceptors (Lipinski definition) is 4. The fraction of sp³-hybridized carbons (Fsp3) is 0.643. The van der Waals surface area contributed by atoms with Crippen molar-refractivity contribution in [3.8, 4) is 0 Å². The molecule has 2 aliphatic rings. The van der Waals surface area contributed by atoms with Gasteiger partial charge in [0.15, 0.2) is 0 Å². The maximum atomic E-state index is 12.3. The molecule has 0 aromatic carbocycles. The molecule has 1 aliphatic carbocycles. The number of nitrogens with two attached hydrogens (primary N) is 1. The zero-order chi connectivity index (χ0) is 13.5. The standard InChI is InChI=1S/C14H20N2O2S/c1-14(8-18-7-12(14)15)13(17)16-6-10-5-9-3-2-4-11(9)19-10/h5,12H,2-4,6-8,15H2,1H3,(H,16,17). The summed E-state index contributed by atoms with van der Waals surface area (Å²) in [6.07, 6.45) is 3.67. The maximum Gasteiger partial charge on any atom is 0.230 e. The molecule has 0 saturated carbocycles. The third kappa shape index (κ3) is 2.30. The quantitative estimate of drug-likeness (QED) is 0.875. The van der Waals surface area contributed by atoms with E-state index < -0.39 is 5.41 Å². The third-order valence-electron chi connectivity index (χ3n) is 4.26. The summed E-state index contributed by atoms with van der Waals surface area (Å²) in [5, 5.41) is 3.01. The van der Waals surface area contributed by atoms with Crippen molar-refractivity contribution < 1.29 is 9.53 Å². The highest BCUT2D eigenvalue weighted by Crippen LogP contribution is 2.31. The zero-order valence-corrected chi connectivity index (χ0v) is 12.0. The number of ether oxygens (including phenoxy) is 1. The predicted molar refractivity (Wildman–Crippen MR) is 75.1 cm³/mol. The highest BCUT2D eigenvalue weighted by atomic mass is 32.1. The van der Waals surface area contributed by atoms with E-state index in [1.807, 2.05) is 18.3 Å². The third-order valence-corrected chi connectivity index (χ3v) is 5.49. The minimum absolute atomic E-state index is 0.00561. The minimum Gasteiger partial charge on any atom is -0.379 e. The summed E-state index contributed by atoms with van der Waals surface area (Å²) >= 11 is 1.83. The van der Waals surface area contributed by atoms with Crippen LogP contribution in [-0.2, 0) is 28.9 Å². The summed E-state index contributed by atoms with van der Waals surface area (Å²) in [6.45, 7) is 3.38. The first-order valence-electron chi connectivity index (χ1n) is 6.82. The average molecular weight is 280 g/mol. The van der Waals surface area contributed by atoms with Crippen LogP contribution in [0.5, 0.6) is 0 Å². The number of carbonyl (C=O) groups excluding carboxylic acids is 1. The van der Waals surface area contributed by atoms with Gasteiger partial charge >= 0.3 is 0 Å². The van der Waals surface area contributed by atoms with Crippen LogP contribution in [0.1, 0.15) is 28.7 Å². The van der Waals surface area contributed by atoms with Gasteiger partial charge in [-0.2, -0.15) is 0 Å². The van der Waals surface area contributed by atoms with E-state index in [4.69, 9.17) is 10.5 Å². The molecule has 2 heterocycles. The van der Waals surface area contributed by atoms with E-state index in [9.17, 15) is 4.79 Å². The van der Waals surface area contributed by atoms with Crippen molar-refractivity contribution in [2.75, 3.05) is 13.2 Å². The van der Waals surface area contributed by atoms with Crippen LogP contribution >= 0.6 is 11.3 Å². The lowest BCUT2D eigenvalue weighted by Gasteiger charge is -2.25. The highest BCUT2D eigenvalue weighted by Gasteiger charge is 2.44. The first kappa shape index (κ1) is 13.1. The molecule has 4 nitrogen and oxygen atoms in total. The highest BCUT2D eigenvalue weighted by molar-refractivity contribution is 7.12. The van der Waals surface area contributed by atoms with E-state index in [1.165, 1.54) is 34.6 Å². The molecule has 1 aliphatic heterocycles. The van der Waals surface area contributed by atoms with Gasteiger partial charge in [0.25, 0.3) is 0 Å². The van der Waals surface area contributed by atoms with Gasteiger partial charge in [0.2, 0.25) is 5.91 Å². The first-order valence-corrected chi connectivity index (χ1v) is 7.63. The van der Waals surface area contributed by atoms with Gasteiger partial charge in [-0.05, 0) is 37.8 Å². The molecular weight excluding hydrogens is 260 g/mol. The summed E-state index contributed by atoms with van der Waals surface area (Å²) < 4.78 is 5.31.